The van der Waals surface area contributed by atoms with Crippen molar-refractivity contribution in [1.29, 1.82) is 0 Å². The smallest absolute Gasteiger partial charge is 0.315 e. The molecule has 5 heteroatoms. The molecule has 3 unspecified atom stereocenters. The summed E-state index contributed by atoms with van der Waals surface area (Å²) in [5.41, 5.74) is 1.03. The van der Waals surface area contributed by atoms with E-state index in [4.69, 9.17) is 9.47 Å². The van der Waals surface area contributed by atoms with Crippen LogP contribution in [0.25, 0.3) is 0 Å². The van der Waals surface area contributed by atoms with Crippen LogP contribution < -0.4 is 15.4 Å². The molecule has 2 saturated heterocycles. The molecule has 0 aromatic heterocycles. The molecule has 1 aromatic carbocycles. The second-order valence-electron chi connectivity index (χ2n) is 6.82. The van der Waals surface area contributed by atoms with Gasteiger partial charge < -0.3 is 20.1 Å². The number of ether oxygens (including phenoxy) is 2. The van der Waals surface area contributed by atoms with Gasteiger partial charge in [-0.05, 0) is 44.6 Å². The van der Waals surface area contributed by atoms with Crippen LogP contribution in [0.15, 0.2) is 24.3 Å². The Labute approximate surface area is 136 Å². The van der Waals surface area contributed by atoms with E-state index in [2.05, 4.69) is 10.6 Å². The molecule has 3 fully saturated rings. The van der Waals surface area contributed by atoms with Gasteiger partial charge in [-0.1, -0.05) is 18.2 Å². The minimum absolute atomic E-state index is 0.121. The van der Waals surface area contributed by atoms with E-state index in [1.54, 1.807) is 0 Å². The minimum Gasteiger partial charge on any atom is -0.490 e. The summed E-state index contributed by atoms with van der Waals surface area (Å²) in [4.78, 5) is 12.1. The molecular weight excluding hydrogens is 292 g/mol. The van der Waals surface area contributed by atoms with E-state index in [9.17, 15) is 4.79 Å². The van der Waals surface area contributed by atoms with Crippen molar-refractivity contribution in [2.24, 2.45) is 0 Å². The molecule has 124 valence electrons. The third-order valence-corrected chi connectivity index (χ3v) is 5.18. The summed E-state index contributed by atoms with van der Waals surface area (Å²) in [6.07, 6.45) is 7.56. The Morgan fingerprint density at radius 2 is 2.09 bits per heavy atom. The normalized spacial score (nSPS) is 29.1. The molecule has 3 atom stereocenters. The summed E-state index contributed by atoms with van der Waals surface area (Å²) in [7, 11) is 0. The maximum Gasteiger partial charge on any atom is 0.315 e. The van der Waals surface area contributed by atoms with Crippen LogP contribution in [0.2, 0.25) is 0 Å². The van der Waals surface area contributed by atoms with Crippen molar-refractivity contribution in [1.82, 2.24) is 10.6 Å². The summed E-state index contributed by atoms with van der Waals surface area (Å²) in [5.74, 6) is 0.890. The molecule has 1 saturated carbocycles. The molecular formula is C18H24N2O3. The molecule has 4 rings (SSSR count). The first-order chi connectivity index (χ1) is 11.3. The van der Waals surface area contributed by atoms with Gasteiger partial charge >= 0.3 is 6.03 Å². The van der Waals surface area contributed by atoms with E-state index in [0.29, 0.717) is 18.8 Å². The predicted octanol–water partition coefficient (Wildman–Crippen LogP) is 2.74. The van der Waals surface area contributed by atoms with Crippen LogP contribution >= 0.6 is 0 Å². The molecule has 0 radical (unpaired) electrons. The molecule has 2 aliphatic heterocycles. The minimum atomic E-state index is -0.121. The number of amides is 2. The molecule has 0 spiro atoms. The Hall–Kier alpha value is -1.75. The lowest BCUT2D eigenvalue weighted by molar-refractivity contribution is 0.0981. The van der Waals surface area contributed by atoms with Gasteiger partial charge in [0.15, 0.2) is 0 Å². The van der Waals surface area contributed by atoms with Crippen molar-refractivity contribution in [3.8, 4) is 5.75 Å². The Bertz CT molecular complexity index is 573. The van der Waals surface area contributed by atoms with Gasteiger partial charge in [0.05, 0.1) is 24.4 Å². The van der Waals surface area contributed by atoms with Gasteiger partial charge in [0.25, 0.3) is 0 Å². The van der Waals surface area contributed by atoms with E-state index in [-0.39, 0.29) is 18.2 Å². The number of rotatable bonds is 5. The van der Waals surface area contributed by atoms with Crippen LogP contribution in [0.1, 0.15) is 44.1 Å². The maximum atomic E-state index is 12.1. The number of urea groups is 1. The second-order valence-corrected chi connectivity index (χ2v) is 6.82. The Balaban J connectivity index is 1.29. The first-order valence-corrected chi connectivity index (χ1v) is 8.72. The number of carbonyl (C=O) groups excluding carboxylic acids is 1. The van der Waals surface area contributed by atoms with Crippen molar-refractivity contribution in [3.63, 3.8) is 0 Å². The first kappa shape index (κ1) is 14.8. The van der Waals surface area contributed by atoms with E-state index in [1.165, 1.54) is 6.42 Å². The summed E-state index contributed by atoms with van der Waals surface area (Å²) < 4.78 is 11.8. The van der Waals surface area contributed by atoms with Crippen LogP contribution in [0, 0.1) is 0 Å². The van der Waals surface area contributed by atoms with Crippen molar-refractivity contribution in [2.75, 3.05) is 0 Å². The maximum absolute atomic E-state index is 12.1. The molecule has 2 N–H and O–H groups in total. The van der Waals surface area contributed by atoms with Crippen molar-refractivity contribution >= 4 is 6.03 Å². The Kier molecular flexibility index (Phi) is 4.12. The second kappa shape index (κ2) is 6.40. The highest BCUT2D eigenvalue weighted by Gasteiger charge is 2.41. The van der Waals surface area contributed by atoms with Gasteiger partial charge in [0.1, 0.15) is 5.75 Å². The summed E-state index contributed by atoms with van der Waals surface area (Å²) in [6.45, 7) is 0.483. The fourth-order valence-corrected chi connectivity index (χ4v) is 3.62. The monoisotopic (exact) mass is 316 g/mol. The number of benzene rings is 1. The lowest BCUT2D eigenvalue weighted by Crippen LogP contribution is -2.46. The van der Waals surface area contributed by atoms with E-state index in [1.807, 2.05) is 24.3 Å². The zero-order valence-corrected chi connectivity index (χ0v) is 13.3. The molecule has 2 amide bonds. The summed E-state index contributed by atoms with van der Waals surface area (Å²) in [6, 6.07) is 7.99. The predicted molar refractivity (Wildman–Crippen MR) is 86.4 cm³/mol. The van der Waals surface area contributed by atoms with E-state index >= 15 is 0 Å². The van der Waals surface area contributed by atoms with Gasteiger partial charge in [0, 0.05) is 12.1 Å². The molecule has 3 aliphatic rings. The van der Waals surface area contributed by atoms with Crippen LogP contribution in [0.5, 0.6) is 5.75 Å². The van der Waals surface area contributed by atoms with E-state index in [0.717, 1.165) is 43.4 Å². The molecule has 5 nitrogen and oxygen atoms in total. The highest BCUT2D eigenvalue weighted by molar-refractivity contribution is 5.74. The van der Waals surface area contributed by atoms with Crippen LogP contribution in [-0.4, -0.2) is 30.4 Å². The SMILES string of the molecule is O=C(NCc1ccccc1OC1CCC1)NC1CC2CCC1O2. The van der Waals surface area contributed by atoms with Crippen molar-refractivity contribution < 1.29 is 14.3 Å². The third-order valence-electron chi connectivity index (χ3n) is 5.18. The number of hydrogen-bond donors (Lipinski definition) is 2. The van der Waals surface area contributed by atoms with Gasteiger partial charge in [0.2, 0.25) is 0 Å². The zero-order chi connectivity index (χ0) is 15.6. The number of hydrogen-bond acceptors (Lipinski definition) is 3. The molecule has 2 heterocycles. The van der Waals surface area contributed by atoms with Gasteiger partial charge in [-0.2, -0.15) is 0 Å². The van der Waals surface area contributed by atoms with Crippen molar-refractivity contribution in [2.45, 2.75) is 69.4 Å². The fourth-order valence-electron chi connectivity index (χ4n) is 3.62. The topological polar surface area (TPSA) is 59.6 Å². The number of para-hydroxylation sites is 1. The quantitative estimate of drug-likeness (QED) is 0.878. The Morgan fingerprint density at radius 3 is 2.78 bits per heavy atom. The highest BCUT2D eigenvalue weighted by Crippen LogP contribution is 2.34. The largest absolute Gasteiger partial charge is 0.490 e. The summed E-state index contributed by atoms with van der Waals surface area (Å²) in [5, 5.41) is 6.00. The van der Waals surface area contributed by atoms with Crippen molar-refractivity contribution in [3.05, 3.63) is 29.8 Å². The molecule has 1 aliphatic carbocycles. The van der Waals surface area contributed by atoms with Gasteiger partial charge in [-0.25, -0.2) is 4.79 Å². The first-order valence-electron chi connectivity index (χ1n) is 8.72. The molecule has 1 aromatic rings. The molecule has 23 heavy (non-hydrogen) atoms. The number of nitrogens with one attached hydrogen (secondary N) is 2. The number of fused-ring (bicyclic) bond motifs is 2. The zero-order valence-electron chi connectivity index (χ0n) is 13.3. The average Bonchev–Trinajstić information content (AvgIpc) is 3.12. The van der Waals surface area contributed by atoms with Gasteiger partial charge in [-0.15, -0.1) is 0 Å². The standard InChI is InChI=1S/C18H24N2O3/c21-18(20-15-10-14-8-9-17(15)23-14)19-11-12-4-1-2-7-16(12)22-13-5-3-6-13/h1-2,4,7,13-15,17H,3,5-6,8-11H2,(H2,19,20,21). The molecule has 2 bridgehead atoms. The van der Waals surface area contributed by atoms with E-state index < -0.39 is 0 Å². The average molecular weight is 316 g/mol. The third kappa shape index (κ3) is 3.29. The lowest BCUT2D eigenvalue weighted by atomic mass is 9.96. The van der Waals surface area contributed by atoms with Crippen LogP contribution in [0.4, 0.5) is 4.79 Å². The van der Waals surface area contributed by atoms with Crippen LogP contribution in [-0.2, 0) is 11.3 Å². The number of carbonyl (C=O) groups is 1. The van der Waals surface area contributed by atoms with Gasteiger partial charge in [-0.3, -0.25) is 0 Å². The van der Waals surface area contributed by atoms with Crippen LogP contribution in [0.3, 0.4) is 0 Å². The Morgan fingerprint density at radius 1 is 1.22 bits per heavy atom. The lowest BCUT2D eigenvalue weighted by Gasteiger charge is -2.27. The summed E-state index contributed by atoms with van der Waals surface area (Å²) >= 11 is 0. The highest BCUT2D eigenvalue weighted by atomic mass is 16.5. The fraction of sp³-hybridized carbons (Fsp3) is 0.611.